The van der Waals surface area contributed by atoms with Crippen LogP contribution in [0.4, 0.5) is 10.7 Å². The van der Waals surface area contributed by atoms with Crippen LogP contribution in [0.5, 0.6) is 0 Å². The van der Waals surface area contributed by atoms with Crippen LogP contribution in [0.2, 0.25) is 0 Å². The van der Waals surface area contributed by atoms with E-state index in [4.69, 9.17) is 10.3 Å². The van der Waals surface area contributed by atoms with E-state index in [1.807, 2.05) is 30.3 Å². The van der Waals surface area contributed by atoms with E-state index in [-0.39, 0.29) is 17.2 Å². The summed E-state index contributed by atoms with van der Waals surface area (Å²) < 4.78 is 5.23. The van der Waals surface area contributed by atoms with Gasteiger partial charge >= 0.3 is 0 Å². The van der Waals surface area contributed by atoms with Crippen molar-refractivity contribution in [3.8, 4) is 17.3 Å². The molecule has 130 valence electrons. The van der Waals surface area contributed by atoms with Crippen molar-refractivity contribution in [2.75, 3.05) is 17.6 Å². The molecule has 4 rings (SSSR count). The third kappa shape index (κ3) is 3.07. The van der Waals surface area contributed by atoms with E-state index < -0.39 is 0 Å². The second kappa shape index (κ2) is 6.65. The van der Waals surface area contributed by atoms with Crippen molar-refractivity contribution in [1.29, 1.82) is 5.26 Å². The number of aromatic nitrogens is 1. The molecule has 26 heavy (non-hydrogen) atoms. The Labute approximate surface area is 154 Å². The molecule has 0 radical (unpaired) electrons. The summed E-state index contributed by atoms with van der Waals surface area (Å²) in [6, 6.07) is 13.1. The number of nitriles is 1. The first kappa shape index (κ1) is 16.4. The van der Waals surface area contributed by atoms with Crippen molar-refractivity contribution in [2.45, 2.75) is 12.8 Å². The number of nitrogens with zero attached hydrogens (tertiary/aromatic N) is 2. The number of nitrogens with one attached hydrogen (secondary N) is 1. The number of nitrogens with two attached hydrogens (primary N) is 1. The van der Waals surface area contributed by atoms with Gasteiger partial charge in [-0.3, -0.25) is 4.79 Å². The summed E-state index contributed by atoms with van der Waals surface area (Å²) in [6.07, 6.45) is 2.39. The average molecular weight is 364 g/mol. The van der Waals surface area contributed by atoms with Gasteiger partial charge in [-0.15, -0.1) is 11.3 Å². The zero-order valence-electron chi connectivity index (χ0n) is 13.9. The summed E-state index contributed by atoms with van der Waals surface area (Å²) in [6.45, 7) is 0.794. The fourth-order valence-corrected chi connectivity index (χ4v) is 3.67. The monoisotopic (exact) mass is 364 g/mol. The molecule has 0 saturated heterocycles. The summed E-state index contributed by atoms with van der Waals surface area (Å²) in [5.41, 5.74) is 8.01. The van der Waals surface area contributed by atoms with Gasteiger partial charge in [-0.05, 0) is 18.8 Å². The van der Waals surface area contributed by atoms with E-state index in [1.165, 1.54) is 24.2 Å². The summed E-state index contributed by atoms with van der Waals surface area (Å²) in [5, 5.41) is 17.2. The maximum Gasteiger partial charge on any atom is 0.243 e. The van der Waals surface area contributed by atoms with Crippen molar-refractivity contribution in [2.24, 2.45) is 5.92 Å². The molecule has 0 unspecified atom stereocenters. The molecule has 1 saturated carbocycles. The molecular weight excluding hydrogens is 348 g/mol. The number of carbonyl (C=O) groups is 1. The third-order valence-electron chi connectivity index (χ3n) is 4.31. The molecule has 3 N–H and O–H groups in total. The summed E-state index contributed by atoms with van der Waals surface area (Å²) in [4.78, 5) is 13.1. The minimum absolute atomic E-state index is 0.107. The Balaban J connectivity index is 1.62. The first-order chi connectivity index (χ1) is 12.7. The van der Waals surface area contributed by atoms with Gasteiger partial charge in [0, 0.05) is 18.2 Å². The number of rotatable bonds is 6. The summed E-state index contributed by atoms with van der Waals surface area (Å²) >= 11 is 1.19. The molecule has 0 aliphatic heterocycles. The number of benzene rings is 1. The number of ketones is 1. The van der Waals surface area contributed by atoms with E-state index >= 15 is 0 Å². The molecule has 3 aromatic rings. The van der Waals surface area contributed by atoms with Crippen LogP contribution in [0.3, 0.4) is 0 Å². The average Bonchev–Trinajstić information content (AvgIpc) is 3.26. The Hall–Kier alpha value is -3.11. The summed E-state index contributed by atoms with van der Waals surface area (Å²) in [5.74, 6) is 0.389. The zero-order chi connectivity index (χ0) is 18.1. The smallest absolute Gasteiger partial charge is 0.243 e. The maximum atomic E-state index is 12.8. The Morgan fingerprint density at radius 3 is 2.85 bits per heavy atom. The first-order valence-electron chi connectivity index (χ1n) is 8.30. The molecule has 1 aliphatic carbocycles. The number of nitrogen functional groups attached to an aromatic ring is 1. The molecule has 0 bridgehead atoms. The minimum Gasteiger partial charge on any atom is -0.396 e. The highest BCUT2D eigenvalue weighted by molar-refractivity contribution is 7.19. The van der Waals surface area contributed by atoms with Gasteiger partial charge in [0.2, 0.25) is 11.5 Å². The number of hydrogen-bond acceptors (Lipinski definition) is 7. The van der Waals surface area contributed by atoms with Crippen molar-refractivity contribution < 1.29 is 9.32 Å². The molecule has 1 aromatic carbocycles. The van der Waals surface area contributed by atoms with Crippen LogP contribution in [-0.4, -0.2) is 17.5 Å². The highest BCUT2D eigenvalue weighted by Crippen LogP contribution is 2.38. The fourth-order valence-electron chi connectivity index (χ4n) is 2.65. The van der Waals surface area contributed by atoms with Crippen molar-refractivity contribution in [3.63, 3.8) is 0 Å². The van der Waals surface area contributed by atoms with Gasteiger partial charge in [-0.1, -0.05) is 35.5 Å². The lowest BCUT2D eigenvalue weighted by Gasteiger charge is -2.01. The molecule has 2 aromatic heterocycles. The number of carbonyl (C=O) groups excluding carboxylic acids is 1. The first-order valence-corrected chi connectivity index (χ1v) is 9.12. The number of hydrogen-bond donors (Lipinski definition) is 2. The van der Waals surface area contributed by atoms with E-state index in [9.17, 15) is 10.1 Å². The second-order valence-corrected chi connectivity index (χ2v) is 7.28. The standard InChI is InChI=1S/C19H16N4O2S/c20-9-13-16(21)18(26-19(13)22-10-11-6-7-11)17(24)15-8-14(23-25-15)12-4-2-1-3-5-12/h1-5,8,11,22H,6-7,10,21H2. The highest BCUT2D eigenvalue weighted by atomic mass is 32.1. The molecular formula is C19H16N4O2S. The van der Waals surface area contributed by atoms with Crippen LogP contribution in [0, 0.1) is 17.2 Å². The number of anilines is 2. The van der Waals surface area contributed by atoms with Crippen LogP contribution in [-0.2, 0) is 0 Å². The van der Waals surface area contributed by atoms with Crippen molar-refractivity contribution >= 4 is 27.8 Å². The molecule has 7 heteroatoms. The van der Waals surface area contributed by atoms with Gasteiger partial charge in [0.25, 0.3) is 0 Å². The van der Waals surface area contributed by atoms with Crippen LogP contribution in [0.25, 0.3) is 11.3 Å². The molecule has 1 fully saturated rings. The maximum absolute atomic E-state index is 12.8. The van der Waals surface area contributed by atoms with Gasteiger partial charge in [-0.2, -0.15) is 5.26 Å². The largest absolute Gasteiger partial charge is 0.396 e. The predicted octanol–water partition coefficient (Wildman–Crippen LogP) is 3.91. The topological polar surface area (TPSA) is 105 Å². The van der Waals surface area contributed by atoms with Gasteiger partial charge in [0.15, 0.2) is 0 Å². The lowest BCUT2D eigenvalue weighted by atomic mass is 10.1. The Morgan fingerprint density at radius 2 is 2.15 bits per heavy atom. The zero-order valence-corrected chi connectivity index (χ0v) is 14.7. The quantitative estimate of drug-likeness (QED) is 0.643. The van der Waals surface area contributed by atoms with Gasteiger partial charge in [0.05, 0.1) is 5.69 Å². The second-order valence-electron chi connectivity index (χ2n) is 6.26. The summed E-state index contributed by atoms with van der Waals surface area (Å²) in [7, 11) is 0. The van der Waals surface area contributed by atoms with Crippen molar-refractivity contribution in [1.82, 2.24) is 5.16 Å². The van der Waals surface area contributed by atoms with Crippen LogP contribution in [0.15, 0.2) is 40.9 Å². The van der Waals surface area contributed by atoms with Crippen LogP contribution < -0.4 is 11.1 Å². The molecule has 2 heterocycles. The van der Waals surface area contributed by atoms with Gasteiger partial charge in [0.1, 0.15) is 27.2 Å². The van der Waals surface area contributed by atoms with Crippen LogP contribution in [0.1, 0.15) is 33.8 Å². The minimum atomic E-state index is -0.363. The van der Waals surface area contributed by atoms with Gasteiger partial charge in [-0.25, -0.2) is 0 Å². The number of thiophene rings is 1. The fraction of sp³-hybridized carbons (Fsp3) is 0.211. The van der Waals surface area contributed by atoms with E-state index in [0.717, 1.165) is 12.1 Å². The molecule has 0 atom stereocenters. The normalized spacial score (nSPS) is 13.3. The molecule has 0 spiro atoms. The lowest BCUT2D eigenvalue weighted by Crippen LogP contribution is -2.03. The van der Waals surface area contributed by atoms with Crippen molar-refractivity contribution in [3.05, 3.63) is 52.6 Å². The predicted molar refractivity (Wildman–Crippen MR) is 100 cm³/mol. The van der Waals surface area contributed by atoms with Gasteiger partial charge < -0.3 is 15.6 Å². The molecule has 0 amide bonds. The molecule has 6 nitrogen and oxygen atoms in total. The van der Waals surface area contributed by atoms with E-state index in [0.29, 0.717) is 27.1 Å². The Morgan fingerprint density at radius 1 is 1.38 bits per heavy atom. The highest BCUT2D eigenvalue weighted by Gasteiger charge is 2.27. The third-order valence-corrected chi connectivity index (χ3v) is 5.48. The Kier molecular flexibility index (Phi) is 4.19. The van der Waals surface area contributed by atoms with Crippen LogP contribution >= 0.6 is 11.3 Å². The SMILES string of the molecule is N#Cc1c(NCC2CC2)sc(C(=O)c2cc(-c3ccccc3)no2)c1N. The van der Waals surface area contributed by atoms with E-state index in [2.05, 4.69) is 16.5 Å². The van der Waals surface area contributed by atoms with E-state index in [1.54, 1.807) is 6.07 Å². The Bertz CT molecular complexity index is 996. The lowest BCUT2D eigenvalue weighted by molar-refractivity contribution is 0.100. The molecule has 1 aliphatic rings.